The van der Waals surface area contributed by atoms with E-state index in [4.69, 9.17) is 56.4 Å². The number of carbonyl (C=O) groups excluding carboxylic acids is 2. The van der Waals surface area contributed by atoms with Gasteiger partial charge in [-0.1, -0.05) is 58.5 Å². The summed E-state index contributed by atoms with van der Waals surface area (Å²) in [6.07, 6.45) is -3.92. The molecule has 0 spiro atoms. The highest BCUT2D eigenvalue weighted by atomic mass is 35.5. The normalized spacial score (nSPS) is 21.0. The largest absolute Gasteiger partial charge is 0.437 e. The lowest BCUT2D eigenvalue weighted by atomic mass is 9.75. The molecule has 4 fully saturated rings. The maximum atomic E-state index is 15.0. The summed E-state index contributed by atoms with van der Waals surface area (Å²) in [4.78, 5) is 50.4. The summed E-state index contributed by atoms with van der Waals surface area (Å²) in [6.45, 7) is 12.2. The van der Waals surface area contributed by atoms with Gasteiger partial charge in [-0.15, -0.1) is 0 Å². The number of alkyl halides is 6. The summed E-state index contributed by atoms with van der Waals surface area (Å²) >= 11 is 26.1. The van der Waals surface area contributed by atoms with Crippen LogP contribution in [0.3, 0.4) is 0 Å². The SMILES string of the molecule is CC(=O)NCCN1CCC[C@@H](C2CN(c3cnc4c(C(F)(F)F)nn([C@H](CC5C[C@@H](C6CN(c7cnc8c(C(F)(F)F)nn([C@H](C)c9ccc(Cl)cc9Cl)c8n7)C6)CN(CCNC(C)=O)C5)c5ccc(Cl)cc5Cl)c4n3)C2)C1. The van der Waals surface area contributed by atoms with Gasteiger partial charge in [0.15, 0.2) is 22.7 Å². The molecule has 0 radical (unpaired) electrons. The van der Waals surface area contributed by atoms with Crippen LogP contribution in [0.2, 0.25) is 20.1 Å². The highest BCUT2D eigenvalue weighted by molar-refractivity contribution is 6.35. The van der Waals surface area contributed by atoms with E-state index in [1.165, 1.54) is 41.7 Å². The molecule has 0 aliphatic carbocycles. The average molecular weight is 1170 g/mol. The van der Waals surface area contributed by atoms with Crippen LogP contribution in [-0.4, -0.2) is 140 Å². The van der Waals surface area contributed by atoms with Gasteiger partial charge in [0.1, 0.15) is 22.7 Å². The summed E-state index contributed by atoms with van der Waals surface area (Å²) < 4.78 is 90.9. The molecule has 26 heteroatoms. The summed E-state index contributed by atoms with van der Waals surface area (Å²) in [5, 5.41) is 15.2. The Labute approximate surface area is 466 Å². The number of rotatable bonds is 16. The Bertz CT molecular complexity index is 3180. The predicted octanol–water partition coefficient (Wildman–Crippen LogP) is 9.70. The van der Waals surface area contributed by atoms with Gasteiger partial charge in [0.05, 0.1) is 24.5 Å². The maximum Gasteiger partial charge on any atom is 0.437 e. The molecule has 78 heavy (non-hydrogen) atoms. The van der Waals surface area contributed by atoms with Crippen LogP contribution >= 0.6 is 46.4 Å². The Morgan fingerprint density at radius 2 is 1.15 bits per heavy atom. The van der Waals surface area contributed by atoms with Crippen molar-refractivity contribution < 1.29 is 35.9 Å². The zero-order chi connectivity index (χ0) is 55.4. The van der Waals surface area contributed by atoms with Crippen LogP contribution < -0.4 is 20.4 Å². The number of carbonyl (C=O) groups is 2. The molecule has 16 nitrogen and oxygen atoms in total. The van der Waals surface area contributed by atoms with Crippen LogP contribution in [0.1, 0.15) is 81.1 Å². The fraction of sp³-hybridized carbons (Fsp3) is 0.538. The maximum absolute atomic E-state index is 15.0. The molecule has 1 unspecified atom stereocenters. The van der Waals surface area contributed by atoms with Gasteiger partial charge >= 0.3 is 12.4 Å². The minimum absolute atomic E-state index is 0.0296. The van der Waals surface area contributed by atoms with Crippen molar-refractivity contribution in [2.75, 3.05) is 88.3 Å². The van der Waals surface area contributed by atoms with Crippen LogP contribution in [0.25, 0.3) is 22.3 Å². The van der Waals surface area contributed by atoms with Gasteiger partial charge in [-0.2, -0.15) is 36.5 Å². The highest BCUT2D eigenvalue weighted by Crippen LogP contribution is 2.44. The minimum Gasteiger partial charge on any atom is -0.355 e. The molecule has 2 amide bonds. The van der Waals surface area contributed by atoms with Gasteiger partial charge < -0.3 is 30.2 Å². The molecule has 5 atom stereocenters. The number of hydrogen-bond acceptors (Lipinski definition) is 12. The number of aromatic nitrogens is 8. The van der Waals surface area contributed by atoms with Crippen molar-refractivity contribution in [2.45, 2.75) is 70.9 Å². The third-order valence-electron chi connectivity index (χ3n) is 15.9. The summed E-state index contributed by atoms with van der Waals surface area (Å²) in [5.74, 6) is 1.30. The Kier molecular flexibility index (Phi) is 16.3. The van der Waals surface area contributed by atoms with Crippen molar-refractivity contribution in [1.82, 2.24) is 59.9 Å². The van der Waals surface area contributed by atoms with Gasteiger partial charge in [-0.05, 0) is 104 Å². The van der Waals surface area contributed by atoms with Crippen LogP contribution in [0, 0.1) is 29.6 Å². The number of amides is 2. The number of nitrogens with zero attached hydrogens (tertiary/aromatic N) is 12. The molecule has 0 saturated carbocycles. The van der Waals surface area contributed by atoms with Crippen molar-refractivity contribution >= 4 is 92.2 Å². The second-order valence-corrected chi connectivity index (χ2v) is 22.9. The monoisotopic (exact) mass is 1160 g/mol. The number of anilines is 2. The smallest absolute Gasteiger partial charge is 0.355 e. The van der Waals surface area contributed by atoms with Crippen LogP contribution in [-0.2, 0) is 21.9 Å². The number of halogens is 10. The molecule has 6 aromatic rings. The summed E-state index contributed by atoms with van der Waals surface area (Å²) in [5.41, 5.74) is -2.21. The van der Waals surface area contributed by atoms with Crippen molar-refractivity contribution in [3.8, 4) is 0 Å². The molecule has 2 N–H and O–H groups in total. The van der Waals surface area contributed by atoms with Crippen LogP contribution in [0.15, 0.2) is 48.8 Å². The van der Waals surface area contributed by atoms with E-state index in [-0.39, 0.29) is 56.4 Å². The van der Waals surface area contributed by atoms with Gasteiger partial charge in [-0.25, -0.2) is 29.3 Å². The Hall–Kier alpha value is -5.26. The number of fused-ring (bicyclic) bond motifs is 2. The van der Waals surface area contributed by atoms with E-state index in [0.717, 1.165) is 32.5 Å². The minimum atomic E-state index is -4.87. The predicted molar refractivity (Wildman–Crippen MR) is 286 cm³/mol. The van der Waals surface area contributed by atoms with Gasteiger partial charge in [0, 0.05) is 106 Å². The lowest BCUT2D eigenvalue weighted by Gasteiger charge is -2.49. The third kappa shape index (κ3) is 12.1. The summed E-state index contributed by atoms with van der Waals surface area (Å²) in [6, 6.07) is 8.02. The average Bonchev–Trinajstić information content (AvgIpc) is 4.12. The van der Waals surface area contributed by atoms with Crippen molar-refractivity contribution in [3.63, 3.8) is 0 Å². The second kappa shape index (κ2) is 22.7. The molecule has 10 rings (SSSR count). The first kappa shape index (κ1) is 56.0. The van der Waals surface area contributed by atoms with E-state index in [9.17, 15) is 22.8 Å². The number of piperidine rings is 2. The molecular formula is C52H58Cl4F6N14O2. The van der Waals surface area contributed by atoms with Crippen molar-refractivity contribution in [2.24, 2.45) is 29.6 Å². The van der Waals surface area contributed by atoms with E-state index in [0.29, 0.717) is 116 Å². The van der Waals surface area contributed by atoms with Gasteiger partial charge in [0.25, 0.3) is 0 Å². The molecular weight excluding hydrogens is 1110 g/mol. The van der Waals surface area contributed by atoms with Crippen LogP contribution in [0.5, 0.6) is 0 Å². The van der Waals surface area contributed by atoms with E-state index in [2.05, 4.69) is 40.6 Å². The van der Waals surface area contributed by atoms with E-state index >= 15 is 13.2 Å². The third-order valence-corrected chi connectivity index (χ3v) is 17.0. The molecule has 2 aromatic carbocycles. The zero-order valence-corrected chi connectivity index (χ0v) is 46.0. The van der Waals surface area contributed by atoms with E-state index < -0.39 is 41.3 Å². The number of benzene rings is 2. The quantitative estimate of drug-likeness (QED) is 0.0886. The Morgan fingerprint density at radius 3 is 1.69 bits per heavy atom. The molecule has 4 aromatic heterocycles. The fourth-order valence-corrected chi connectivity index (χ4v) is 13.0. The highest BCUT2D eigenvalue weighted by Gasteiger charge is 2.45. The zero-order valence-electron chi connectivity index (χ0n) is 42.9. The molecule has 418 valence electrons. The molecule has 0 bridgehead atoms. The number of nitrogens with one attached hydrogen (secondary N) is 2. The standard InChI is InChI=1S/C52H58Cl4F6N14O2/c1-28(38-8-6-36(53)17-40(38)55)75-49-45(47(69-75)51(57,58)59)65-19-43(67-49)74-26-35(27-74)33-15-31(21-72(23-33)14-11-64-30(3)78)16-42(39-9-7-37(54)18-41(39)56)76-50-46(48(70-76)52(60,61)62)66-20-44(68-50)73-24-34(25-73)32-5-4-12-71(22-32)13-10-63-29(2)77/h6-9,17-20,28,31-35,42H,4-5,10-16,21-27H2,1-3H3,(H,63,77)(H,64,78)/t28-,31?,32-,33-,42-/m1/s1. The van der Waals surface area contributed by atoms with Crippen molar-refractivity contribution in [3.05, 3.63) is 91.4 Å². The fourth-order valence-electron chi connectivity index (χ4n) is 11.9. The number of hydrogen-bond donors (Lipinski definition) is 2. The van der Waals surface area contributed by atoms with E-state index in [1.54, 1.807) is 37.3 Å². The van der Waals surface area contributed by atoms with Crippen LogP contribution in [0.4, 0.5) is 38.0 Å². The summed E-state index contributed by atoms with van der Waals surface area (Å²) in [7, 11) is 0. The second-order valence-electron chi connectivity index (χ2n) is 21.3. The van der Waals surface area contributed by atoms with E-state index in [1.807, 2.05) is 9.80 Å². The lowest BCUT2D eigenvalue weighted by Crippen LogP contribution is -2.55. The molecule has 8 heterocycles. The topological polar surface area (TPSA) is 158 Å². The van der Waals surface area contributed by atoms with Gasteiger partial charge in [-0.3, -0.25) is 9.59 Å². The Balaban J connectivity index is 0.920. The number of likely N-dealkylation sites (tertiary alicyclic amines) is 2. The van der Waals surface area contributed by atoms with Crippen molar-refractivity contribution in [1.29, 1.82) is 0 Å². The molecule has 4 aliphatic heterocycles. The molecule has 4 aliphatic rings. The first-order valence-corrected chi connectivity index (χ1v) is 27.6. The lowest BCUT2D eigenvalue weighted by molar-refractivity contribution is -0.141. The first-order chi connectivity index (χ1) is 37.1. The Morgan fingerprint density at radius 1 is 0.654 bits per heavy atom. The first-order valence-electron chi connectivity index (χ1n) is 26.1. The van der Waals surface area contributed by atoms with Gasteiger partial charge in [0.2, 0.25) is 11.8 Å². The molecule has 4 saturated heterocycles.